The highest BCUT2D eigenvalue weighted by Crippen LogP contribution is 2.34. The van der Waals surface area contributed by atoms with Crippen LogP contribution in [0.4, 0.5) is 0 Å². The molecule has 1 aromatic carbocycles. The van der Waals surface area contributed by atoms with Crippen molar-refractivity contribution in [2.24, 2.45) is 5.41 Å². The molecule has 1 heteroatoms. The van der Waals surface area contributed by atoms with Crippen molar-refractivity contribution in [1.82, 2.24) is 0 Å². The minimum atomic E-state index is 0.297. The molecule has 0 N–H and O–H groups in total. The largest absolute Gasteiger partial charge is 0.126 e. The SMILES string of the molecule is CCCCC(CC)(CCl)Cc1cccc(C)c1. The van der Waals surface area contributed by atoms with Gasteiger partial charge in [0, 0.05) is 5.88 Å². The molecule has 0 heterocycles. The summed E-state index contributed by atoms with van der Waals surface area (Å²) in [5.41, 5.74) is 3.08. The van der Waals surface area contributed by atoms with Gasteiger partial charge in [-0.15, -0.1) is 11.6 Å². The molecule has 0 radical (unpaired) electrons. The summed E-state index contributed by atoms with van der Waals surface area (Å²) in [5.74, 6) is 0.775. The van der Waals surface area contributed by atoms with Crippen molar-refractivity contribution in [3.8, 4) is 0 Å². The van der Waals surface area contributed by atoms with Crippen LogP contribution in [-0.4, -0.2) is 5.88 Å². The van der Waals surface area contributed by atoms with Gasteiger partial charge >= 0.3 is 0 Å². The van der Waals surface area contributed by atoms with E-state index in [-0.39, 0.29) is 0 Å². The maximum Gasteiger partial charge on any atom is 0.0283 e. The minimum absolute atomic E-state index is 0.297. The molecule has 0 aliphatic carbocycles. The van der Waals surface area contributed by atoms with Crippen molar-refractivity contribution in [2.75, 3.05) is 5.88 Å². The molecule has 1 atom stereocenters. The normalized spacial score (nSPS) is 14.6. The van der Waals surface area contributed by atoms with Gasteiger partial charge in [0.05, 0.1) is 0 Å². The molecule has 96 valence electrons. The number of unbranched alkanes of at least 4 members (excludes halogenated alkanes) is 1. The summed E-state index contributed by atoms with van der Waals surface area (Å²) in [6, 6.07) is 8.84. The molecule has 0 amide bonds. The van der Waals surface area contributed by atoms with Crippen LogP contribution in [0.25, 0.3) is 0 Å². The molecule has 0 aromatic heterocycles. The number of benzene rings is 1. The van der Waals surface area contributed by atoms with Gasteiger partial charge in [-0.05, 0) is 37.2 Å². The van der Waals surface area contributed by atoms with Gasteiger partial charge in [0.15, 0.2) is 0 Å². The topological polar surface area (TPSA) is 0 Å². The van der Waals surface area contributed by atoms with E-state index in [1.165, 1.54) is 36.8 Å². The molecule has 1 unspecified atom stereocenters. The van der Waals surface area contributed by atoms with Crippen LogP contribution in [0.5, 0.6) is 0 Å². The van der Waals surface area contributed by atoms with Crippen LogP contribution in [0, 0.1) is 12.3 Å². The Morgan fingerprint density at radius 2 is 2.00 bits per heavy atom. The molecule has 0 saturated heterocycles. The lowest BCUT2D eigenvalue weighted by Gasteiger charge is -2.31. The second-order valence-corrected chi connectivity index (χ2v) is 5.52. The first kappa shape index (κ1) is 14.6. The highest BCUT2D eigenvalue weighted by molar-refractivity contribution is 6.18. The first-order valence-electron chi connectivity index (χ1n) is 6.77. The van der Waals surface area contributed by atoms with Crippen molar-refractivity contribution in [3.05, 3.63) is 35.4 Å². The standard InChI is InChI=1S/C16H25Cl/c1-4-6-10-16(5-2,13-17)12-15-9-7-8-14(3)11-15/h7-9,11H,4-6,10,12-13H2,1-3H3. The van der Waals surface area contributed by atoms with Gasteiger partial charge in [-0.2, -0.15) is 0 Å². The van der Waals surface area contributed by atoms with Gasteiger partial charge < -0.3 is 0 Å². The molecule has 0 aliphatic heterocycles. The zero-order valence-corrected chi connectivity index (χ0v) is 12.2. The van der Waals surface area contributed by atoms with Crippen LogP contribution in [0.3, 0.4) is 0 Å². The zero-order valence-electron chi connectivity index (χ0n) is 11.4. The van der Waals surface area contributed by atoms with E-state index in [0.29, 0.717) is 5.41 Å². The monoisotopic (exact) mass is 252 g/mol. The van der Waals surface area contributed by atoms with Crippen molar-refractivity contribution in [2.45, 2.75) is 52.9 Å². The molecule has 0 nitrogen and oxygen atoms in total. The van der Waals surface area contributed by atoms with Gasteiger partial charge in [0.25, 0.3) is 0 Å². The molecule has 0 aliphatic rings. The Morgan fingerprint density at radius 3 is 2.53 bits per heavy atom. The number of hydrogen-bond acceptors (Lipinski definition) is 0. The summed E-state index contributed by atoms with van der Waals surface area (Å²) >= 11 is 6.25. The summed E-state index contributed by atoms with van der Waals surface area (Å²) in [7, 11) is 0. The molecule has 1 aromatic rings. The molecule has 17 heavy (non-hydrogen) atoms. The third kappa shape index (κ3) is 4.35. The molecule has 0 fully saturated rings. The Labute approximate surface area is 111 Å². The summed E-state index contributed by atoms with van der Waals surface area (Å²) < 4.78 is 0. The van der Waals surface area contributed by atoms with Crippen LogP contribution in [0.1, 0.15) is 50.7 Å². The minimum Gasteiger partial charge on any atom is -0.126 e. The molecule has 1 rings (SSSR count). The average molecular weight is 253 g/mol. The predicted molar refractivity (Wildman–Crippen MR) is 77.9 cm³/mol. The van der Waals surface area contributed by atoms with Crippen molar-refractivity contribution < 1.29 is 0 Å². The smallest absolute Gasteiger partial charge is 0.0283 e. The Balaban J connectivity index is 2.78. The van der Waals surface area contributed by atoms with Gasteiger partial charge in [-0.1, -0.05) is 56.5 Å². The molecular weight excluding hydrogens is 228 g/mol. The summed E-state index contributed by atoms with van der Waals surface area (Å²) in [4.78, 5) is 0. The van der Waals surface area contributed by atoms with Gasteiger partial charge in [-0.3, -0.25) is 0 Å². The van der Waals surface area contributed by atoms with Crippen molar-refractivity contribution >= 4 is 11.6 Å². The summed E-state index contributed by atoms with van der Waals surface area (Å²) in [5, 5.41) is 0. The van der Waals surface area contributed by atoms with E-state index in [4.69, 9.17) is 11.6 Å². The van der Waals surface area contributed by atoms with E-state index in [1.54, 1.807) is 0 Å². The van der Waals surface area contributed by atoms with Crippen LogP contribution >= 0.6 is 11.6 Å². The van der Waals surface area contributed by atoms with Crippen molar-refractivity contribution in [3.63, 3.8) is 0 Å². The summed E-state index contributed by atoms with van der Waals surface area (Å²) in [6.45, 7) is 6.68. The van der Waals surface area contributed by atoms with Crippen LogP contribution in [-0.2, 0) is 6.42 Å². The third-order valence-electron chi connectivity index (χ3n) is 3.76. The number of rotatable bonds is 7. The Kier molecular flexibility index (Phi) is 6.05. The second-order valence-electron chi connectivity index (χ2n) is 5.26. The Hall–Kier alpha value is -0.490. The van der Waals surface area contributed by atoms with E-state index in [0.717, 1.165) is 12.3 Å². The van der Waals surface area contributed by atoms with Gasteiger partial charge in [0.2, 0.25) is 0 Å². The van der Waals surface area contributed by atoms with E-state index < -0.39 is 0 Å². The maximum absolute atomic E-state index is 6.25. The zero-order chi connectivity index (χ0) is 12.7. The van der Waals surface area contributed by atoms with E-state index in [1.807, 2.05) is 0 Å². The quantitative estimate of drug-likeness (QED) is 0.573. The van der Waals surface area contributed by atoms with E-state index in [9.17, 15) is 0 Å². The highest BCUT2D eigenvalue weighted by atomic mass is 35.5. The first-order chi connectivity index (χ1) is 8.15. The average Bonchev–Trinajstić information content (AvgIpc) is 2.35. The molecular formula is C16H25Cl. The molecule has 0 saturated carbocycles. The second kappa shape index (κ2) is 7.06. The molecule has 0 spiro atoms. The lowest BCUT2D eigenvalue weighted by atomic mass is 9.77. The maximum atomic E-state index is 6.25. The number of halogens is 1. The van der Waals surface area contributed by atoms with Gasteiger partial charge in [-0.25, -0.2) is 0 Å². The van der Waals surface area contributed by atoms with Crippen molar-refractivity contribution in [1.29, 1.82) is 0 Å². The van der Waals surface area contributed by atoms with Crippen LogP contribution in [0.15, 0.2) is 24.3 Å². The fourth-order valence-corrected chi connectivity index (χ4v) is 2.82. The lowest BCUT2D eigenvalue weighted by Crippen LogP contribution is -2.25. The van der Waals surface area contributed by atoms with Crippen LogP contribution < -0.4 is 0 Å². The van der Waals surface area contributed by atoms with E-state index >= 15 is 0 Å². The number of alkyl halides is 1. The predicted octanol–water partition coefficient (Wildman–Crippen LogP) is 5.36. The lowest BCUT2D eigenvalue weighted by molar-refractivity contribution is 0.279. The fraction of sp³-hybridized carbons (Fsp3) is 0.625. The Bertz CT molecular complexity index is 326. The van der Waals surface area contributed by atoms with E-state index in [2.05, 4.69) is 45.0 Å². The number of hydrogen-bond donors (Lipinski definition) is 0. The van der Waals surface area contributed by atoms with Crippen LogP contribution in [0.2, 0.25) is 0 Å². The fourth-order valence-electron chi connectivity index (χ4n) is 2.41. The third-order valence-corrected chi connectivity index (χ3v) is 4.32. The number of aryl methyl sites for hydroxylation is 1. The van der Waals surface area contributed by atoms with Gasteiger partial charge in [0.1, 0.15) is 0 Å². The first-order valence-corrected chi connectivity index (χ1v) is 7.31. The highest BCUT2D eigenvalue weighted by Gasteiger charge is 2.26. The summed E-state index contributed by atoms with van der Waals surface area (Å²) in [6.07, 6.45) is 6.08. The Morgan fingerprint density at radius 1 is 1.24 bits per heavy atom. The molecule has 0 bridgehead atoms.